The number of halogens is 7. The molecule has 4 rings (SSSR count). The number of anilines is 3. The third kappa shape index (κ3) is 6.88. The summed E-state index contributed by atoms with van der Waals surface area (Å²) in [6.45, 7) is 0.925. The summed E-state index contributed by atoms with van der Waals surface area (Å²) in [5.41, 5.74) is -0.792. The van der Waals surface area contributed by atoms with E-state index >= 15 is 0 Å². The summed E-state index contributed by atoms with van der Waals surface area (Å²) in [6, 6.07) is 11.0. The highest BCUT2D eigenvalue weighted by atomic mass is 32.2. The molecule has 0 bridgehead atoms. The lowest BCUT2D eigenvalue weighted by molar-refractivity contribution is -0.274. The van der Waals surface area contributed by atoms with Gasteiger partial charge in [-0.1, -0.05) is 0 Å². The maximum Gasteiger partial charge on any atom is 0.573 e. The Morgan fingerprint density at radius 1 is 0.886 bits per heavy atom. The van der Waals surface area contributed by atoms with Crippen LogP contribution in [-0.4, -0.2) is 40.4 Å². The molecule has 1 saturated heterocycles. The Balaban J connectivity index is 1.47. The molecule has 35 heavy (non-hydrogen) atoms. The third-order valence-electron chi connectivity index (χ3n) is 4.64. The van der Waals surface area contributed by atoms with E-state index in [0.717, 1.165) is 18.2 Å². The van der Waals surface area contributed by atoms with Gasteiger partial charge in [0.2, 0.25) is 5.95 Å². The molecule has 0 unspecified atom stereocenters. The van der Waals surface area contributed by atoms with Crippen molar-refractivity contribution in [2.24, 2.45) is 0 Å². The summed E-state index contributed by atoms with van der Waals surface area (Å²) < 4.78 is 96.0. The molecule has 0 spiro atoms. The van der Waals surface area contributed by atoms with Gasteiger partial charge in [-0.05, 0) is 60.5 Å². The number of nitrogens with zero attached hydrogens (tertiary/aromatic N) is 4. The monoisotopic (exact) mass is 519 g/mol. The summed E-state index contributed by atoms with van der Waals surface area (Å²) >= 11 is 1.22. The van der Waals surface area contributed by atoms with Gasteiger partial charge in [0.1, 0.15) is 17.4 Å². The minimum absolute atomic E-state index is 0.111. The van der Waals surface area contributed by atoms with Gasteiger partial charge in [-0.3, -0.25) is 0 Å². The fourth-order valence-corrected chi connectivity index (χ4v) is 4.05. The average Bonchev–Trinajstić information content (AvgIpc) is 3.23. The Hall–Kier alpha value is -3.26. The van der Waals surface area contributed by atoms with Crippen molar-refractivity contribution in [3.63, 3.8) is 0 Å². The number of hydrogen-bond acceptors (Lipinski definition) is 7. The van der Waals surface area contributed by atoms with Gasteiger partial charge in [0, 0.05) is 29.7 Å². The Morgan fingerprint density at radius 2 is 1.57 bits per heavy atom. The fraction of sp³-hybridized carbons (Fsp3) is 0.238. The molecule has 6 nitrogen and oxygen atoms in total. The van der Waals surface area contributed by atoms with Gasteiger partial charge >= 0.3 is 12.5 Å². The van der Waals surface area contributed by atoms with Gasteiger partial charge in [-0.2, -0.15) is 18.2 Å². The van der Waals surface area contributed by atoms with Crippen molar-refractivity contribution in [2.45, 2.75) is 17.4 Å². The predicted octanol–water partition coefficient (Wildman–Crippen LogP) is 6.06. The highest BCUT2D eigenvalue weighted by molar-refractivity contribution is 7.97. The second kappa shape index (κ2) is 9.77. The quantitative estimate of drug-likeness (QED) is 0.314. The smallest absolute Gasteiger partial charge is 0.406 e. The molecular formula is C21H16F7N5OS. The Kier molecular flexibility index (Phi) is 6.94. The van der Waals surface area contributed by atoms with Crippen LogP contribution in [0.25, 0.3) is 0 Å². The minimum Gasteiger partial charge on any atom is -0.406 e. The van der Waals surface area contributed by atoms with E-state index in [1.54, 1.807) is 9.21 Å². The van der Waals surface area contributed by atoms with Crippen LogP contribution in [0.5, 0.6) is 5.75 Å². The number of aromatic nitrogens is 2. The average molecular weight is 519 g/mol. The number of alkyl halides is 6. The Morgan fingerprint density at radius 3 is 2.20 bits per heavy atom. The number of hydrogen-bond donors (Lipinski definition) is 1. The van der Waals surface area contributed by atoms with E-state index < -0.39 is 24.0 Å². The first kappa shape index (κ1) is 24.9. The lowest BCUT2D eigenvalue weighted by atomic mass is 10.3. The van der Waals surface area contributed by atoms with Crippen molar-refractivity contribution in [1.82, 2.24) is 14.3 Å². The predicted molar refractivity (Wildman–Crippen MR) is 115 cm³/mol. The molecule has 0 atom stereocenters. The first-order chi connectivity index (χ1) is 16.4. The van der Waals surface area contributed by atoms with Crippen molar-refractivity contribution in [3.05, 3.63) is 66.1 Å². The number of rotatable bonds is 6. The highest BCUT2D eigenvalue weighted by Crippen LogP contribution is 2.33. The van der Waals surface area contributed by atoms with E-state index in [1.165, 1.54) is 48.3 Å². The van der Waals surface area contributed by atoms with Crippen molar-refractivity contribution in [3.8, 4) is 5.75 Å². The van der Waals surface area contributed by atoms with Gasteiger partial charge in [0.05, 0.1) is 6.67 Å². The normalized spacial score (nSPS) is 14.9. The van der Waals surface area contributed by atoms with E-state index in [0.29, 0.717) is 23.7 Å². The minimum atomic E-state index is -4.79. The van der Waals surface area contributed by atoms with Crippen LogP contribution in [0, 0.1) is 5.82 Å². The molecule has 0 amide bonds. The van der Waals surface area contributed by atoms with Crippen LogP contribution in [0.15, 0.2) is 59.5 Å². The number of nitrogens with one attached hydrogen (secondary N) is 1. The second-order valence-electron chi connectivity index (χ2n) is 7.29. The molecule has 1 fully saturated rings. The second-order valence-corrected chi connectivity index (χ2v) is 8.46. The largest absolute Gasteiger partial charge is 0.573 e. The lowest BCUT2D eigenvalue weighted by Gasteiger charge is -2.20. The fourth-order valence-electron chi connectivity index (χ4n) is 3.12. The lowest BCUT2D eigenvalue weighted by Crippen LogP contribution is -2.25. The third-order valence-corrected chi connectivity index (χ3v) is 5.68. The molecular weight excluding hydrogens is 503 g/mol. The van der Waals surface area contributed by atoms with E-state index in [-0.39, 0.29) is 24.2 Å². The molecule has 1 N–H and O–H groups in total. The summed E-state index contributed by atoms with van der Waals surface area (Å²) in [6.07, 6.45) is -9.51. The van der Waals surface area contributed by atoms with Gasteiger partial charge in [0.15, 0.2) is 5.69 Å². The van der Waals surface area contributed by atoms with Crippen LogP contribution in [0.4, 0.5) is 48.2 Å². The molecule has 1 aliphatic heterocycles. The standard InChI is InChI=1S/C21H16F7N5OS/c22-13-1-3-14(4-2-13)29-18-11-17(20(23,24)25)30-19(31-18)32-9-10-33(12-32)35-16-7-5-15(6-8-16)34-21(26,27)28/h1-8,11H,9-10,12H2,(H,29,30,31). The zero-order valence-corrected chi connectivity index (χ0v) is 18.4. The molecule has 0 radical (unpaired) electrons. The van der Waals surface area contributed by atoms with Gasteiger partial charge < -0.3 is 15.0 Å². The van der Waals surface area contributed by atoms with Crippen LogP contribution in [0.3, 0.4) is 0 Å². The summed E-state index contributed by atoms with van der Waals surface area (Å²) in [7, 11) is 0. The van der Waals surface area contributed by atoms with Crippen molar-refractivity contribution in [2.75, 3.05) is 30.0 Å². The summed E-state index contributed by atoms with van der Waals surface area (Å²) in [4.78, 5) is 10.0. The van der Waals surface area contributed by atoms with Crippen LogP contribution in [0.1, 0.15) is 5.69 Å². The molecule has 2 aromatic carbocycles. The van der Waals surface area contributed by atoms with Crippen LogP contribution in [0.2, 0.25) is 0 Å². The van der Waals surface area contributed by atoms with Gasteiger partial charge in [-0.15, -0.1) is 13.2 Å². The topological polar surface area (TPSA) is 53.5 Å². The SMILES string of the molecule is Fc1ccc(Nc2cc(C(F)(F)F)nc(N3CCN(Sc4ccc(OC(F)(F)F)cc4)C3)n2)cc1. The summed E-state index contributed by atoms with van der Waals surface area (Å²) in [5, 5.41) is 2.72. The van der Waals surface area contributed by atoms with Crippen molar-refractivity contribution in [1.29, 1.82) is 0 Å². The van der Waals surface area contributed by atoms with Crippen LogP contribution in [-0.2, 0) is 6.18 Å². The Labute approximate surface area is 198 Å². The van der Waals surface area contributed by atoms with Gasteiger partial charge in [0.25, 0.3) is 0 Å². The molecule has 3 aromatic rings. The number of benzene rings is 2. The number of ether oxygens (including phenoxy) is 1. The van der Waals surface area contributed by atoms with E-state index in [9.17, 15) is 30.7 Å². The van der Waals surface area contributed by atoms with Crippen LogP contribution >= 0.6 is 11.9 Å². The van der Waals surface area contributed by atoms with E-state index in [4.69, 9.17) is 0 Å². The first-order valence-corrected chi connectivity index (χ1v) is 10.7. The maximum absolute atomic E-state index is 13.4. The molecule has 1 aliphatic rings. The molecule has 1 aromatic heterocycles. The maximum atomic E-state index is 13.4. The molecule has 0 aliphatic carbocycles. The van der Waals surface area contributed by atoms with E-state index in [1.807, 2.05) is 0 Å². The molecule has 2 heterocycles. The van der Waals surface area contributed by atoms with Crippen molar-refractivity contribution < 1.29 is 35.5 Å². The first-order valence-electron chi connectivity index (χ1n) is 9.97. The zero-order chi connectivity index (χ0) is 25.2. The van der Waals surface area contributed by atoms with Gasteiger partial charge in [-0.25, -0.2) is 13.7 Å². The zero-order valence-electron chi connectivity index (χ0n) is 17.6. The summed E-state index contributed by atoms with van der Waals surface area (Å²) in [5.74, 6) is -1.11. The molecule has 0 saturated carbocycles. The van der Waals surface area contributed by atoms with E-state index in [2.05, 4.69) is 20.0 Å². The van der Waals surface area contributed by atoms with Crippen molar-refractivity contribution >= 4 is 29.4 Å². The van der Waals surface area contributed by atoms with Crippen LogP contribution < -0.4 is 15.0 Å². The molecule has 14 heteroatoms. The highest BCUT2D eigenvalue weighted by Gasteiger charge is 2.35. The Bertz CT molecular complexity index is 1160. The molecule has 186 valence electrons.